The Kier molecular flexibility index (Phi) is 6.94. The lowest BCUT2D eigenvalue weighted by atomic mass is 10.1. The molecule has 114 valence electrons. The van der Waals surface area contributed by atoms with Gasteiger partial charge in [0, 0.05) is 4.47 Å². The van der Waals surface area contributed by atoms with Gasteiger partial charge in [-0.25, -0.2) is 4.79 Å². The fourth-order valence-electron chi connectivity index (χ4n) is 1.77. The van der Waals surface area contributed by atoms with Crippen LogP contribution in [0.15, 0.2) is 35.3 Å². The number of carbonyl (C=O) groups excluding carboxylic acids is 1. The predicted octanol–water partition coefficient (Wildman–Crippen LogP) is 2.54. The second-order valence-corrected chi connectivity index (χ2v) is 5.31. The molecule has 2 N–H and O–H groups in total. The Morgan fingerprint density at radius 1 is 1.52 bits per heavy atom. The molecule has 0 aliphatic heterocycles. The van der Waals surface area contributed by atoms with Crippen LogP contribution in [0.25, 0.3) is 0 Å². The Hall–Kier alpha value is -1.82. The van der Waals surface area contributed by atoms with Crippen molar-refractivity contribution in [2.75, 3.05) is 7.11 Å². The molecule has 0 aliphatic rings. The number of nitrogens with one attached hydrogen (secondary N) is 1. The highest BCUT2D eigenvalue weighted by molar-refractivity contribution is 9.10. The number of benzene rings is 1. The maximum absolute atomic E-state index is 12.0. The Bertz CT molecular complexity index is 530. The van der Waals surface area contributed by atoms with E-state index in [9.17, 15) is 9.59 Å². The molecule has 6 heteroatoms. The second kappa shape index (κ2) is 8.46. The lowest BCUT2D eigenvalue weighted by Gasteiger charge is -2.14. The van der Waals surface area contributed by atoms with E-state index in [0.717, 1.165) is 10.0 Å². The molecule has 0 bridgehead atoms. The minimum absolute atomic E-state index is 0.0790. The number of carboxylic acid groups (broad SMARTS) is 1. The van der Waals surface area contributed by atoms with E-state index in [1.807, 2.05) is 0 Å². The van der Waals surface area contributed by atoms with E-state index in [2.05, 4.69) is 27.8 Å². The van der Waals surface area contributed by atoms with Gasteiger partial charge in [-0.3, -0.25) is 4.79 Å². The molecule has 1 amide bonds. The quantitative estimate of drug-likeness (QED) is 0.702. The van der Waals surface area contributed by atoms with Gasteiger partial charge in [0.05, 0.1) is 13.5 Å². The molecule has 21 heavy (non-hydrogen) atoms. The molecule has 0 heterocycles. The van der Waals surface area contributed by atoms with E-state index < -0.39 is 12.0 Å². The smallest absolute Gasteiger partial charge is 0.326 e. The van der Waals surface area contributed by atoms with Crippen LogP contribution in [0.2, 0.25) is 0 Å². The van der Waals surface area contributed by atoms with Crippen LogP contribution in [0.1, 0.15) is 18.4 Å². The summed E-state index contributed by atoms with van der Waals surface area (Å²) < 4.78 is 5.88. The van der Waals surface area contributed by atoms with Gasteiger partial charge in [-0.2, -0.15) is 0 Å². The van der Waals surface area contributed by atoms with Gasteiger partial charge in [-0.05, 0) is 36.6 Å². The first kappa shape index (κ1) is 17.2. The number of hydrogen-bond acceptors (Lipinski definition) is 3. The van der Waals surface area contributed by atoms with Crippen molar-refractivity contribution in [2.24, 2.45) is 0 Å². The normalized spacial score (nSPS) is 11.5. The van der Waals surface area contributed by atoms with Crippen LogP contribution in [-0.4, -0.2) is 30.1 Å². The Morgan fingerprint density at radius 3 is 2.81 bits per heavy atom. The van der Waals surface area contributed by atoms with Crippen molar-refractivity contribution in [3.8, 4) is 5.75 Å². The SMILES string of the molecule is C=CCCC(NC(=O)Cc1cc(OC)ccc1Br)C(=O)O. The van der Waals surface area contributed by atoms with Gasteiger partial charge in [0.15, 0.2) is 0 Å². The van der Waals surface area contributed by atoms with E-state index in [1.54, 1.807) is 31.4 Å². The molecule has 1 aromatic rings. The monoisotopic (exact) mass is 355 g/mol. The highest BCUT2D eigenvalue weighted by Gasteiger charge is 2.19. The van der Waals surface area contributed by atoms with Crippen LogP contribution in [0.3, 0.4) is 0 Å². The van der Waals surface area contributed by atoms with Crippen molar-refractivity contribution in [1.82, 2.24) is 5.32 Å². The first-order valence-electron chi connectivity index (χ1n) is 6.43. The van der Waals surface area contributed by atoms with E-state index >= 15 is 0 Å². The molecule has 0 spiro atoms. The maximum atomic E-state index is 12.0. The molecular formula is C15H18BrNO4. The molecule has 0 aliphatic carbocycles. The van der Waals surface area contributed by atoms with Gasteiger partial charge in [0.2, 0.25) is 5.91 Å². The average molecular weight is 356 g/mol. The number of ether oxygens (including phenoxy) is 1. The summed E-state index contributed by atoms with van der Waals surface area (Å²) in [5.74, 6) is -0.752. The van der Waals surface area contributed by atoms with E-state index in [1.165, 1.54) is 0 Å². The third-order valence-corrected chi connectivity index (χ3v) is 3.67. The summed E-state index contributed by atoms with van der Waals surface area (Å²) in [6, 6.07) is 4.40. The largest absolute Gasteiger partial charge is 0.497 e. The zero-order valence-corrected chi connectivity index (χ0v) is 13.4. The van der Waals surface area contributed by atoms with Gasteiger partial charge in [0.1, 0.15) is 11.8 Å². The molecule has 0 radical (unpaired) electrons. The van der Waals surface area contributed by atoms with E-state index in [0.29, 0.717) is 18.6 Å². The summed E-state index contributed by atoms with van der Waals surface area (Å²) >= 11 is 3.36. The average Bonchev–Trinajstić information content (AvgIpc) is 2.45. The fraction of sp³-hybridized carbons (Fsp3) is 0.333. The van der Waals surface area contributed by atoms with Crippen LogP contribution in [0, 0.1) is 0 Å². The molecular weight excluding hydrogens is 338 g/mol. The number of rotatable bonds is 8. The van der Waals surface area contributed by atoms with Gasteiger partial charge in [-0.15, -0.1) is 6.58 Å². The number of carboxylic acids is 1. The summed E-state index contributed by atoms with van der Waals surface area (Å²) in [5.41, 5.74) is 0.736. The first-order chi connectivity index (χ1) is 9.97. The van der Waals surface area contributed by atoms with E-state index in [4.69, 9.17) is 9.84 Å². The summed E-state index contributed by atoms with van der Waals surface area (Å²) in [5, 5.41) is 11.6. The highest BCUT2D eigenvalue weighted by atomic mass is 79.9. The first-order valence-corrected chi connectivity index (χ1v) is 7.22. The number of methoxy groups -OCH3 is 1. The van der Waals surface area contributed by atoms with Crippen molar-refractivity contribution >= 4 is 27.8 Å². The number of halogens is 1. The van der Waals surface area contributed by atoms with Crippen LogP contribution >= 0.6 is 15.9 Å². The van der Waals surface area contributed by atoms with Crippen LogP contribution in [-0.2, 0) is 16.0 Å². The molecule has 1 unspecified atom stereocenters. The van der Waals surface area contributed by atoms with Gasteiger partial charge in [0.25, 0.3) is 0 Å². The summed E-state index contributed by atoms with van der Waals surface area (Å²) in [6.07, 6.45) is 2.56. The molecule has 5 nitrogen and oxygen atoms in total. The number of amides is 1. The van der Waals surface area contributed by atoms with E-state index in [-0.39, 0.29) is 12.3 Å². The van der Waals surface area contributed by atoms with Crippen molar-refractivity contribution in [3.63, 3.8) is 0 Å². The van der Waals surface area contributed by atoms with Crippen molar-refractivity contribution < 1.29 is 19.4 Å². The Morgan fingerprint density at radius 2 is 2.24 bits per heavy atom. The molecule has 0 aromatic heterocycles. The van der Waals surface area contributed by atoms with Crippen LogP contribution < -0.4 is 10.1 Å². The Balaban J connectivity index is 2.71. The zero-order chi connectivity index (χ0) is 15.8. The van der Waals surface area contributed by atoms with Crippen LogP contribution in [0.4, 0.5) is 0 Å². The maximum Gasteiger partial charge on any atom is 0.326 e. The second-order valence-electron chi connectivity index (χ2n) is 4.46. The summed E-state index contributed by atoms with van der Waals surface area (Å²) in [4.78, 5) is 23.1. The molecule has 1 rings (SSSR count). The minimum Gasteiger partial charge on any atom is -0.497 e. The lowest BCUT2D eigenvalue weighted by molar-refractivity contribution is -0.141. The van der Waals surface area contributed by atoms with Crippen molar-refractivity contribution in [3.05, 3.63) is 40.9 Å². The van der Waals surface area contributed by atoms with Gasteiger partial charge >= 0.3 is 5.97 Å². The third-order valence-electron chi connectivity index (χ3n) is 2.90. The fourth-order valence-corrected chi connectivity index (χ4v) is 2.16. The van der Waals surface area contributed by atoms with Crippen molar-refractivity contribution in [1.29, 1.82) is 0 Å². The number of allylic oxidation sites excluding steroid dienone is 1. The molecule has 0 fully saturated rings. The Labute approximate surface area is 132 Å². The lowest BCUT2D eigenvalue weighted by Crippen LogP contribution is -2.41. The summed E-state index contributed by atoms with van der Waals surface area (Å²) in [6.45, 7) is 3.54. The van der Waals surface area contributed by atoms with Crippen LogP contribution in [0.5, 0.6) is 5.75 Å². The molecule has 1 atom stereocenters. The predicted molar refractivity (Wildman–Crippen MR) is 83.4 cm³/mol. The van der Waals surface area contributed by atoms with Gasteiger partial charge in [-0.1, -0.05) is 22.0 Å². The van der Waals surface area contributed by atoms with Crippen molar-refractivity contribution in [2.45, 2.75) is 25.3 Å². The topological polar surface area (TPSA) is 75.6 Å². The van der Waals surface area contributed by atoms with Gasteiger partial charge < -0.3 is 15.2 Å². The zero-order valence-electron chi connectivity index (χ0n) is 11.8. The third kappa shape index (κ3) is 5.59. The standard InChI is InChI=1S/C15H18BrNO4/c1-3-4-5-13(15(19)20)17-14(18)9-10-8-11(21-2)6-7-12(10)16/h3,6-8,13H,1,4-5,9H2,2H3,(H,17,18)(H,19,20). The molecule has 1 aromatic carbocycles. The summed E-state index contributed by atoms with van der Waals surface area (Å²) in [7, 11) is 1.54. The number of carbonyl (C=O) groups is 2. The number of aliphatic carboxylic acids is 1. The highest BCUT2D eigenvalue weighted by Crippen LogP contribution is 2.22. The molecule has 0 saturated heterocycles. The molecule has 0 saturated carbocycles. The minimum atomic E-state index is -1.05. The number of hydrogen-bond donors (Lipinski definition) is 2.